The predicted octanol–water partition coefficient (Wildman–Crippen LogP) is 2.98. The van der Waals surface area contributed by atoms with Crippen molar-refractivity contribution in [2.45, 2.75) is 0 Å². The average molecular weight is 191 g/mol. The molecule has 0 atom stereocenters. The fourth-order valence-electron chi connectivity index (χ4n) is 0.353. The zero-order valence-corrected chi connectivity index (χ0v) is 6.62. The molecule has 2 heteroatoms. The SMILES string of the molecule is C=C/C(=C\C(=C)F)CBr. The van der Waals surface area contributed by atoms with E-state index >= 15 is 0 Å². The van der Waals surface area contributed by atoms with Crippen molar-refractivity contribution >= 4 is 15.9 Å². The van der Waals surface area contributed by atoms with Gasteiger partial charge in [-0.15, -0.1) is 0 Å². The van der Waals surface area contributed by atoms with Gasteiger partial charge in [0.25, 0.3) is 0 Å². The molecule has 0 rings (SSSR count). The van der Waals surface area contributed by atoms with Crippen molar-refractivity contribution in [3.05, 3.63) is 36.7 Å². The number of alkyl halides is 1. The first kappa shape index (κ1) is 8.63. The number of hydrogen-bond donors (Lipinski definition) is 0. The van der Waals surface area contributed by atoms with Gasteiger partial charge in [0.2, 0.25) is 0 Å². The molecule has 0 unspecified atom stereocenters. The topological polar surface area (TPSA) is 0 Å². The van der Waals surface area contributed by atoms with Crippen molar-refractivity contribution in [3.63, 3.8) is 0 Å². The van der Waals surface area contributed by atoms with Gasteiger partial charge in [-0.1, -0.05) is 35.2 Å². The van der Waals surface area contributed by atoms with Gasteiger partial charge in [0, 0.05) is 5.33 Å². The van der Waals surface area contributed by atoms with E-state index in [1.165, 1.54) is 6.08 Å². The van der Waals surface area contributed by atoms with Gasteiger partial charge in [0.15, 0.2) is 0 Å². The van der Waals surface area contributed by atoms with Crippen LogP contribution in [0.4, 0.5) is 4.39 Å². The van der Waals surface area contributed by atoms with Crippen LogP contribution in [-0.4, -0.2) is 5.33 Å². The van der Waals surface area contributed by atoms with Crippen LogP contribution in [-0.2, 0) is 0 Å². The van der Waals surface area contributed by atoms with Crippen LogP contribution in [0.25, 0.3) is 0 Å². The maximum absolute atomic E-state index is 12.0. The summed E-state index contributed by atoms with van der Waals surface area (Å²) in [5.41, 5.74) is 0.794. The Morgan fingerprint density at radius 1 is 1.67 bits per heavy atom. The van der Waals surface area contributed by atoms with E-state index in [9.17, 15) is 4.39 Å². The van der Waals surface area contributed by atoms with E-state index < -0.39 is 5.83 Å². The first-order valence-corrected chi connectivity index (χ1v) is 3.56. The van der Waals surface area contributed by atoms with Gasteiger partial charge < -0.3 is 0 Å². The number of halogens is 2. The molecule has 0 aliphatic carbocycles. The van der Waals surface area contributed by atoms with Crippen LogP contribution in [0, 0.1) is 0 Å². The van der Waals surface area contributed by atoms with E-state index in [-0.39, 0.29) is 0 Å². The van der Waals surface area contributed by atoms with Crippen molar-refractivity contribution < 1.29 is 4.39 Å². The molecule has 0 aliphatic rings. The molecule has 0 bridgehead atoms. The zero-order valence-electron chi connectivity index (χ0n) is 5.03. The molecular formula is C7H8BrF. The summed E-state index contributed by atoms with van der Waals surface area (Å²) in [4.78, 5) is 0. The van der Waals surface area contributed by atoms with Gasteiger partial charge >= 0.3 is 0 Å². The fraction of sp³-hybridized carbons (Fsp3) is 0.143. The van der Waals surface area contributed by atoms with Gasteiger partial charge in [0.05, 0.1) is 0 Å². The molecule has 0 fully saturated rings. The number of rotatable bonds is 3. The van der Waals surface area contributed by atoms with E-state index in [0.29, 0.717) is 5.33 Å². The molecule has 0 radical (unpaired) electrons. The lowest BCUT2D eigenvalue weighted by Crippen LogP contribution is -1.76. The molecule has 0 aliphatic heterocycles. The van der Waals surface area contributed by atoms with Crippen LogP contribution >= 0.6 is 15.9 Å². The average Bonchev–Trinajstić information content (AvgIpc) is 1.82. The monoisotopic (exact) mass is 190 g/mol. The van der Waals surface area contributed by atoms with Gasteiger partial charge in [-0.3, -0.25) is 0 Å². The Bertz CT molecular complexity index is 147. The van der Waals surface area contributed by atoms with Crippen LogP contribution < -0.4 is 0 Å². The van der Waals surface area contributed by atoms with Gasteiger partial charge in [-0.2, -0.15) is 0 Å². The third kappa shape index (κ3) is 4.15. The summed E-state index contributed by atoms with van der Waals surface area (Å²) < 4.78 is 12.0. The van der Waals surface area contributed by atoms with Crippen molar-refractivity contribution in [1.29, 1.82) is 0 Å². The fourth-order valence-corrected chi connectivity index (χ4v) is 0.744. The van der Waals surface area contributed by atoms with E-state index in [1.807, 2.05) is 0 Å². The Balaban J connectivity index is 4.07. The lowest BCUT2D eigenvalue weighted by atomic mass is 10.3. The van der Waals surface area contributed by atoms with Crippen LogP contribution in [0.1, 0.15) is 0 Å². The van der Waals surface area contributed by atoms with Gasteiger partial charge in [0.1, 0.15) is 5.83 Å². The molecule has 0 aromatic heterocycles. The van der Waals surface area contributed by atoms with Crippen molar-refractivity contribution in [3.8, 4) is 0 Å². The minimum atomic E-state index is -0.440. The van der Waals surface area contributed by atoms with Crippen LogP contribution in [0.15, 0.2) is 36.7 Å². The smallest absolute Gasteiger partial charge is 0.116 e. The molecule has 0 heterocycles. The second-order valence-corrected chi connectivity index (χ2v) is 2.06. The maximum Gasteiger partial charge on any atom is 0.116 e. The van der Waals surface area contributed by atoms with Crippen molar-refractivity contribution in [2.24, 2.45) is 0 Å². The summed E-state index contributed by atoms with van der Waals surface area (Å²) >= 11 is 3.16. The third-order valence-electron chi connectivity index (χ3n) is 0.759. The highest BCUT2D eigenvalue weighted by Gasteiger charge is 1.87. The molecule has 0 N–H and O–H groups in total. The summed E-state index contributed by atoms with van der Waals surface area (Å²) in [5.74, 6) is -0.440. The molecular weight excluding hydrogens is 183 g/mol. The normalized spacial score (nSPS) is 11.1. The Hall–Kier alpha value is -0.370. The first-order chi connectivity index (χ1) is 4.20. The minimum absolute atomic E-state index is 0.440. The molecule has 0 amide bonds. The second kappa shape index (κ2) is 4.50. The molecule has 0 saturated carbocycles. The Kier molecular flexibility index (Phi) is 4.32. The predicted molar refractivity (Wildman–Crippen MR) is 42.3 cm³/mol. The van der Waals surface area contributed by atoms with E-state index in [2.05, 4.69) is 29.1 Å². The standard InChI is InChI=1S/C7H8BrF/c1-3-7(5-8)4-6(2)9/h3-4H,1-2,5H2/b7-4+. The summed E-state index contributed by atoms with van der Waals surface area (Å²) in [6, 6.07) is 0. The highest BCUT2D eigenvalue weighted by molar-refractivity contribution is 9.09. The summed E-state index contributed by atoms with van der Waals surface area (Å²) in [6.45, 7) is 6.56. The lowest BCUT2D eigenvalue weighted by Gasteiger charge is -1.90. The van der Waals surface area contributed by atoms with E-state index in [0.717, 1.165) is 5.57 Å². The summed E-state index contributed by atoms with van der Waals surface area (Å²) in [5, 5.41) is 0.611. The Morgan fingerprint density at radius 2 is 2.22 bits per heavy atom. The van der Waals surface area contributed by atoms with Crippen LogP contribution in [0.3, 0.4) is 0 Å². The third-order valence-corrected chi connectivity index (χ3v) is 1.41. The molecule has 50 valence electrons. The minimum Gasteiger partial charge on any atom is -0.208 e. The molecule has 0 spiro atoms. The van der Waals surface area contributed by atoms with Gasteiger partial charge in [-0.05, 0) is 11.6 Å². The molecule has 9 heavy (non-hydrogen) atoms. The molecule has 0 aromatic carbocycles. The van der Waals surface area contributed by atoms with Crippen molar-refractivity contribution in [1.82, 2.24) is 0 Å². The quantitative estimate of drug-likeness (QED) is 0.475. The number of hydrogen-bond acceptors (Lipinski definition) is 0. The second-order valence-electron chi connectivity index (χ2n) is 1.50. The largest absolute Gasteiger partial charge is 0.208 e. The maximum atomic E-state index is 12.0. The Labute approximate surface area is 62.9 Å². The van der Waals surface area contributed by atoms with Gasteiger partial charge in [-0.25, -0.2) is 4.39 Å². The van der Waals surface area contributed by atoms with E-state index in [4.69, 9.17) is 0 Å². The van der Waals surface area contributed by atoms with E-state index in [1.54, 1.807) is 6.08 Å². The Morgan fingerprint density at radius 3 is 2.33 bits per heavy atom. The number of allylic oxidation sites excluding steroid dienone is 4. The lowest BCUT2D eigenvalue weighted by molar-refractivity contribution is 0.670. The van der Waals surface area contributed by atoms with Crippen LogP contribution in [0.2, 0.25) is 0 Å². The van der Waals surface area contributed by atoms with Crippen molar-refractivity contribution in [2.75, 3.05) is 5.33 Å². The highest BCUT2D eigenvalue weighted by atomic mass is 79.9. The summed E-state index contributed by atoms with van der Waals surface area (Å²) in [7, 11) is 0. The molecule has 0 saturated heterocycles. The zero-order chi connectivity index (χ0) is 7.28. The molecule has 0 nitrogen and oxygen atoms in total. The highest BCUT2D eigenvalue weighted by Crippen LogP contribution is 2.05. The van der Waals surface area contributed by atoms with Crippen LogP contribution in [0.5, 0.6) is 0 Å². The first-order valence-electron chi connectivity index (χ1n) is 2.44. The molecule has 0 aromatic rings. The summed E-state index contributed by atoms with van der Waals surface area (Å²) in [6.07, 6.45) is 2.92.